The van der Waals surface area contributed by atoms with E-state index in [-0.39, 0.29) is 18.3 Å². The van der Waals surface area contributed by atoms with Crippen molar-refractivity contribution in [3.63, 3.8) is 0 Å². The highest BCUT2D eigenvalue weighted by Crippen LogP contribution is 2.20. The third kappa shape index (κ3) is 3.98. The average molecular weight is 290 g/mol. The summed E-state index contributed by atoms with van der Waals surface area (Å²) in [5.41, 5.74) is 1.55. The fourth-order valence-corrected chi connectivity index (χ4v) is 2.37. The molecule has 0 bridgehead atoms. The first-order chi connectivity index (χ1) is 10.1. The summed E-state index contributed by atoms with van der Waals surface area (Å²) in [5.74, 6) is -0.586. The molecule has 2 rings (SSSR count). The number of benzene rings is 1. The van der Waals surface area contributed by atoms with Crippen molar-refractivity contribution in [2.24, 2.45) is 0 Å². The molecule has 5 heteroatoms. The zero-order valence-electron chi connectivity index (χ0n) is 12.3. The molecule has 1 aromatic carbocycles. The minimum absolute atomic E-state index is 0.190. The first-order valence-corrected chi connectivity index (χ1v) is 6.96. The Kier molecular flexibility index (Phi) is 5.22. The number of esters is 1. The Balaban J connectivity index is 2.29. The summed E-state index contributed by atoms with van der Waals surface area (Å²) in [6.45, 7) is 3.43. The van der Waals surface area contributed by atoms with Gasteiger partial charge in [0, 0.05) is 18.1 Å². The van der Waals surface area contributed by atoms with Crippen LogP contribution in [-0.4, -0.2) is 36.1 Å². The molecular formula is C16H19FN2O2. The molecule has 0 atom stereocenters. The van der Waals surface area contributed by atoms with Gasteiger partial charge in [0.2, 0.25) is 0 Å². The molecule has 112 valence electrons. The van der Waals surface area contributed by atoms with Crippen molar-refractivity contribution in [1.82, 2.24) is 9.88 Å². The Hall–Kier alpha value is -2.01. The molecule has 0 unspecified atom stereocenters. The molecule has 0 saturated carbocycles. The largest absolute Gasteiger partial charge is 0.468 e. The van der Waals surface area contributed by atoms with Crippen LogP contribution in [0.5, 0.6) is 0 Å². The van der Waals surface area contributed by atoms with Gasteiger partial charge in [-0.25, -0.2) is 4.39 Å². The van der Waals surface area contributed by atoms with Gasteiger partial charge in [-0.1, -0.05) is 13.0 Å². The lowest BCUT2D eigenvalue weighted by Crippen LogP contribution is -2.31. The third-order valence-corrected chi connectivity index (χ3v) is 3.26. The maximum atomic E-state index is 13.7. The van der Waals surface area contributed by atoms with Crippen LogP contribution in [0.4, 0.5) is 4.39 Å². The predicted molar refractivity (Wildman–Crippen MR) is 79.3 cm³/mol. The molecule has 0 radical (unpaired) electrons. The van der Waals surface area contributed by atoms with E-state index in [2.05, 4.69) is 4.98 Å². The maximum Gasteiger partial charge on any atom is 0.319 e. The number of rotatable bonds is 6. The summed E-state index contributed by atoms with van der Waals surface area (Å²) >= 11 is 0. The van der Waals surface area contributed by atoms with Gasteiger partial charge in [0.05, 0.1) is 19.2 Å². The number of carbonyl (C=O) groups excluding carboxylic acids is 1. The van der Waals surface area contributed by atoms with Gasteiger partial charge in [0.15, 0.2) is 0 Å². The van der Waals surface area contributed by atoms with Gasteiger partial charge in [-0.05, 0) is 36.7 Å². The van der Waals surface area contributed by atoms with Crippen molar-refractivity contribution in [1.29, 1.82) is 0 Å². The van der Waals surface area contributed by atoms with E-state index in [1.165, 1.54) is 19.2 Å². The molecule has 1 heterocycles. The fraction of sp³-hybridized carbons (Fsp3) is 0.375. The van der Waals surface area contributed by atoms with Gasteiger partial charge in [0.25, 0.3) is 0 Å². The van der Waals surface area contributed by atoms with Crippen LogP contribution < -0.4 is 0 Å². The van der Waals surface area contributed by atoms with Gasteiger partial charge < -0.3 is 4.74 Å². The molecule has 4 nitrogen and oxygen atoms in total. The topological polar surface area (TPSA) is 42.4 Å². The first kappa shape index (κ1) is 15.4. The van der Waals surface area contributed by atoms with Crippen LogP contribution in [0.1, 0.15) is 18.9 Å². The van der Waals surface area contributed by atoms with Crippen LogP contribution in [0.15, 0.2) is 30.5 Å². The normalized spacial score (nSPS) is 11.0. The molecule has 0 amide bonds. The van der Waals surface area contributed by atoms with Crippen molar-refractivity contribution in [3.8, 4) is 0 Å². The van der Waals surface area contributed by atoms with Crippen LogP contribution in [-0.2, 0) is 16.1 Å². The highest BCUT2D eigenvalue weighted by atomic mass is 19.1. The van der Waals surface area contributed by atoms with E-state index in [4.69, 9.17) is 4.74 Å². The molecule has 2 aromatic rings. The van der Waals surface area contributed by atoms with Crippen molar-refractivity contribution in [2.75, 3.05) is 20.2 Å². The third-order valence-electron chi connectivity index (χ3n) is 3.26. The second-order valence-electron chi connectivity index (χ2n) is 4.93. The maximum absolute atomic E-state index is 13.7. The second-order valence-corrected chi connectivity index (χ2v) is 4.93. The molecule has 0 aliphatic heterocycles. The van der Waals surface area contributed by atoms with Crippen LogP contribution in [0.25, 0.3) is 10.9 Å². The Labute approximate surface area is 123 Å². The van der Waals surface area contributed by atoms with Gasteiger partial charge in [-0.2, -0.15) is 0 Å². The SMILES string of the molecule is CCCN(CC(=O)OC)Cc1cc(F)cc2cccnc12. The van der Waals surface area contributed by atoms with E-state index in [0.29, 0.717) is 6.54 Å². The van der Waals surface area contributed by atoms with Gasteiger partial charge in [-0.3, -0.25) is 14.7 Å². The molecule has 0 N–H and O–H groups in total. The number of hydrogen-bond donors (Lipinski definition) is 0. The lowest BCUT2D eigenvalue weighted by atomic mass is 10.1. The molecular weight excluding hydrogens is 271 g/mol. The zero-order chi connectivity index (χ0) is 15.2. The smallest absolute Gasteiger partial charge is 0.319 e. The van der Waals surface area contributed by atoms with Gasteiger partial charge in [-0.15, -0.1) is 0 Å². The Morgan fingerprint density at radius 2 is 2.24 bits per heavy atom. The lowest BCUT2D eigenvalue weighted by molar-refractivity contribution is -0.142. The molecule has 0 saturated heterocycles. The monoisotopic (exact) mass is 290 g/mol. The number of carbonyl (C=O) groups is 1. The Bertz CT molecular complexity index is 631. The number of nitrogens with zero attached hydrogens (tertiary/aromatic N) is 2. The number of ether oxygens (including phenoxy) is 1. The molecule has 0 spiro atoms. The van der Waals surface area contributed by atoms with E-state index in [1.54, 1.807) is 12.3 Å². The summed E-state index contributed by atoms with van der Waals surface area (Å²) < 4.78 is 18.4. The summed E-state index contributed by atoms with van der Waals surface area (Å²) in [6.07, 6.45) is 2.59. The molecule has 0 fully saturated rings. The van der Waals surface area contributed by atoms with Crippen molar-refractivity contribution in [2.45, 2.75) is 19.9 Å². The number of hydrogen-bond acceptors (Lipinski definition) is 4. The highest BCUT2D eigenvalue weighted by Gasteiger charge is 2.13. The Morgan fingerprint density at radius 3 is 2.95 bits per heavy atom. The molecule has 0 aliphatic carbocycles. The fourth-order valence-electron chi connectivity index (χ4n) is 2.37. The predicted octanol–water partition coefficient (Wildman–Crippen LogP) is 2.76. The second kappa shape index (κ2) is 7.13. The first-order valence-electron chi connectivity index (χ1n) is 6.96. The van der Waals surface area contributed by atoms with Crippen molar-refractivity contribution >= 4 is 16.9 Å². The van der Waals surface area contributed by atoms with Crippen molar-refractivity contribution in [3.05, 3.63) is 41.8 Å². The van der Waals surface area contributed by atoms with Crippen LogP contribution in [0, 0.1) is 5.82 Å². The van der Waals surface area contributed by atoms with Gasteiger partial charge in [0.1, 0.15) is 5.82 Å². The molecule has 21 heavy (non-hydrogen) atoms. The van der Waals surface area contributed by atoms with E-state index in [9.17, 15) is 9.18 Å². The molecule has 1 aromatic heterocycles. The summed E-state index contributed by atoms with van der Waals surface area (Å²) in [7, 11) is 1.37. The summed E-state index contributed by atoms with van der Waals surface area (Å²) in [6, 6.07) is 6.56. The molecule has 0 aliphatic rings. The number of pyridine rings is 1. The van der Waals surface area contributed by atoms with Crippen LogP contribution in [0.3, 0.4) is 0 Å². The Morgan fingerprint density at radius 1 is 1.43 bits per heavy atom. The minimum atomic E-state index is -0.294. The van der Waals surface area contributed by atoms with E-state index < -0.39 is 0 Å². The minimum Gasteiger partial charge on any atom is -0.468 e. The van der Waals surface area contributed by atoms with E-state index in [0.717, 1.165) is 29.4 Å². The number of halogens is 1. The lowest BCUT2D eigenvalue weighted by Gasteiger charge is -2.21. The summed E-state index contributed by atoms with van der Waals surface area (Å²) in [4.78, 5) is 17.7. The van der Waals surface area contributed by atoms with Crippen LogP contribution >= 0.6 is 0 Å². The number of aromatic nitrogens is 1. The van der Waals surface area contributed by atoms with Gasteiger partial charge >= 0.3 is 5.97 Å². The highest BCUT2D eigenvalue weighted by molar-refractivity contribution is 5.81. The van der Waals surface area contributed by atoms with Crippen LogP contribution in [0.2, 0.25) is 0 Å². The quantitative estimate of drug-likeness (QED) is 0.767. The summed E-state index contributed by atoms with van der Waals surface area (Å²) in [5, 5.41) is 0.766. The average Bonchev–Trinajstić information content (AvgIpc) is 2.47. The number of fused-ring (bicyclic) bond motifs is 1. The standard InChI is InChI=1S/C16H19FN2O2/c1-3-7-19(11-15(20)21-2)10-13-9-14(17)8-12-5-4-6-18-16(12)13/h4-6,8-9H,3,7,10-11H2,1-2H3. The zero-order valence-corrected chi connectivity index (χ0v) is 12.3. The van der Waals surface area contributed by atoms with E-state index in [1.807, 2.05) is 17.9 Å². The van der Waals surface area contributed by atoms with E-state index >= 15 is 0 Å². The number of methoxy groups -OCH3 is 1. The van der Waals surface area contributed by atoms with Crippen molar-refractivity contribution < 1.29 is 13.9 Å².